The van der Waals surface area contributed by atoms with E-state index >= 15 is 0 Å². The van der Waals surface area contributed by atoms with Crippen molar-refractivity contribution in [1.82, 2.24) is 5.32 Å². The van der Waals surface area contributed by atoms with Crippen molar-refractivity contribution in [1.29, 1.82) is 0 Å². The number of allylic oxidation sites excluding steroid dienone is 9. The number of aliphatic hydroxyl groups is 1. The second-order valence-corrected chi connectivity index (χ2v) is 10.8. The second-order valence-electron chi connectivity index (χ2n) is 10.8. The predicted molar refractivity (Wildman–Crippen MR) is 133 cm³/mol. The number of aliphatic imine (C=N–C) groups is 1. The van der Waals surface area contributed by atoms with Gasteiger partial charge in [-0.25, -0.2) is 0 Å². The highest BCUT2D eigenvalue weighted by Gasteiger charge is 2.44. The van der Waals surface area contributed by atoms with Crippen LogP contribution in [0.2, 0.25) is 0 Å². The molecule has 2 N–H and O–H groups in total. The molecule has 8 unspecified atom stereocenters. The first-order valence-electron chi connectivity index (χ1n) is 13.2. The smallest absolute Gasteiger partial charge is 0.114 e. The number of fused-ring (bicyclic) bond motifs is 4. The molecular weight excluding hydrogens is 408 g/mol. The zero-order chi connectivity index (χ0) is 22.4. The summed E-state index contributed by atoms with van der Waals surface area (Å²) in [6.07, 6.45) is 26.3. The van der Waals surface area contributed by atoms with Crippen LogP contribution in [0.1, 0.15) is 57.8 Å². The number of nitrogens with zero attached hydrogens (tertiary/aromatic N) is 1. The number of hydrogen-bond acceptors (Lipinski definition) is 4. The molecule has 0 saturated heterocycles. The van der Waals surface area contributed by atoms with E-state index < -0.39 is 6.10 Å². The van der Waals surface area contributed by atoms with Crippen LogP contribution in [0.15, 0.2) is 64.2 Å². The lowest BCUT2D eigenvalue weighted by atomic mass is 9.59. The highest BCUT2D eigenvalue weighted by atomic mass is 16.5. The summed E-state index contributed by atoms with van der Waals surface area (Å²) >= 11 is 0. The zero-order valence-corrected chi connectivity index (χ0v) is 19.8. The number of methoxy groups -OCH3 is 1. The van der Waals surface area contributed by atoms with E-state index in [0.717, 1.165) is 25.7 Å². The largest absolute Gasteiger partial charge is 0.389 e. The Kier molecular flexibility index (Phi) is 6.02. The van der Waals surface area contributed by atoms with Gasteiger partial charge in [0.05, 0.1) is 6.10 Å². The fraction of sp³-hybridized carbons (Fsp3) is 0.621. The Hall–Kier alpha value is -1.75. The van der Waals surface area contributed by atoms with Crippen molar-refractivity contribution in [2.45, 2.75) is 76.3 Å². The first-order chi connectivity index (χ1) is 16.2. The monoisotopic (exact) mass is 446 g/mol. The Labute approximate surface area is 198 Å². The van der Waals surface area contributed by atoms with Crippen LogP contribution in [0.25, 0.3) is 0 Å². The van der Waals surface area contributed by atoms with Gasteiger partial charge in [-0.2, -0.15) is 0 Å². The summed E-state index contributed by atoms with van der Waals surface area (Å²) < 4.78 is 5.84. The molecule has 176 valence electrons. The molecule has 5 aliphatic carbocycles. The van der Waals surface area contributed by atoms with E-state index in [-0.39, 0.29) is 18.3 Å². The lowest BCUT2D eigenvalue weighted by molar-refractivity contribution is 0.0354. The van der Waals surface area contributed by atoms with Gasteiger partial charge in [-0.05, 0) is 80.3 Å². The third-order valence-electron chi connectivity index (χ3n) is 9.05. The molecule has 0 bridgehead atoms. The first kappa shape index (κ1) is 21.8. The lowest BCUT2D eigenvalue weighted by Crippen LogP contribution is -2.51. The Morgan fingerprint density at radius 2 is 1.88 bits per heavy atom. The maximum atomic E-state index is 10.7. The van der Waals surface area contributed by atoms with Crippen LogP contribution < -0.4 is 5.32 Å². The number of aliphatic hydroxyl groups excluding tert-OH is 1. The summed E-state index contributed by atoms with van der Waals surface area (Å²) in [6, 6.07) is 0. The Morgan fingerprint density at radius 3 is 2.76 bits per heavy atom. The van der Waals surface area contributed by atoms with Crippen molar-refractivity contribution < 1.29 is 9.84 Å². The Morgan fingerprint density at radius 1 is 1.03 bits per heavy atom. The highest BCUT2D eigenvalue weighted by molar-refractivity contribution is 6.01. The van der Waals surface area contributed by atoms with E-state index in [1.165, 1.54) is 43.4 Å². The van der Waals surface area contributed by atoms with Gasteiger partial charge < -0.3 is 9.84 Å². The Bertz CT molecular complexity index is 955. The van der Waals surface area contributed by atoms with Gasteiger partial charge in [-0.3, -0.25) is 10.3 Å². The van der Waals surface area contributed by atoms with E-state index in [1.54, 1.807) is 18.3 Å². The molecule has 6 rings (SSSR count). The molecule has 0 spiro atoms. The topological polar surface area (TPSA) is 53.9 Å². The normalized spacial score (nSPS) is 42.2. The van der Waals surface area contributed by atoms with Crippen LogP contribution in [0.5, 0.6) is 0 Å². The van der Waals surface area contributed by atoms with Crippen LogP contribution in [0.3, 0.4) is 0 Å². The summed E-state index contributed by atoms with van der Waals surface area (Å²) in [5.74, 6) is 2.32. The Balaban J connectivity index is 1.40. The van der Waals surface area contributed by atoms with Crippen molar-refractivity contribution in [2.24, 2.45) is 34.6 Å². The molecule has 0 aromatic carbocycles. The highest BCUT2D eigenvalue weighted by Crippen LogP contribution is 2.51. The van der Waals surface area contributed by atoms with Gasteiger partial charge in [0.15, 0.2) is 0 Å². The molecule has 0 saturated carbocycles. The van der Waals surface area contributed by atoms with Gasteiger partial charge in [0, 0.05) is 31.1 Å². The van der Waals surface area contributed by atoms with E-state index in [9.17, 15) is 5.11 Å². The van der Waals surface area contributed by atoms with E-state index in [4.69, 9.17) is 9.73 Å². The summed E-state index contributed by atoms with van der Waals surface area (Å²) in [4.78, 5) is 5.32. The zero-order valence-electron chi connectivity index (χ0n) is 19.8. The molecule has 0 amide bonds. The van der Waals surface area contributed by atoms with Crippen LogP contribution in [-0.2, 0) is 4.74 Å². The average molecular weight is 447 g/mol. The minimum atomic E-state index is -0.439. The molecule has 4 nitrogen and oxygen atoms in total. The molecule has 1 heterocycles. The van der Waals surface area contributed by atoms with Gasteiger partial charge >= 0.3 is 0 Å². The summed E-state index contributed by atoms with van der Waals surface area (Å²) in [5.41, 5.74) is 6.01. The van der Waals surface area contributed by atoms with E-state index in [2.05, 4.69) is 41.8 Å². The number of hydrogen-bond donors (Lipinski definition) is 2. The molecule has 33 heavy (non-hydrogen) atoms. The SMILES string of the molecule is COC1CC(C2=CC3C4=C(C=CC3C3C=CCCC23)CCCC4)=NC(C2CCC=CC2O)N1. The minimum absolute atomic E-state index is 0.0486. The van der Waals surface area contributed by atoms with Gasteiger partial charge in [-0.1, -0.05) is 48.1 Å². The van der Waals surface area contributed by atoms with Crippen LogP contribution >= 0.6 is 0 Å². The third-order valence-corrected chi connectivity index (χ3v) is 9.05. The van der Waals surface area contributed by atoms with Crippen molar-refractivity contribution in [3.05, 3.63) is 59.3 Å². The van der Waals surface area contributed by atoms with Crippen molar-refractivity contribution in [2.75, 3.05) is 7.11 Å². The summed E-state index contributed by atoms with van der Waals surface area (Å²) in [6.45, 7) is 0. The quantitative estimate of drug-likeness (QED) is 0.583. The standard InChI is InChI=1S/C29H38N2O2/c1-33-28-17-26(30-29(31-28)23-12-6-7-13-27(23)32)25-16-24-19-9-3-2-8-18(19)14-15-22(24)20-10-4-5-11-21(20)25/h4,7,10,13-16,20-24,27-29,31-32H,2-3,5-6,8-9,11-12,17H2,1H3. The maximum absolute atomic E-state index is 10.7. The molecule has 0 radical (unpaired) electrons. The molecule has 1 aliphatic heterocycles. The van der Waals surface area contributed by atoms with Crippen LogP contribution in [0.4, 0.5) is 0 Å². The first-order valence-corrected chi connectivity index (χ1v) is 13.2. The van der Waals surface area contributed by atoms with Gasteiger partial charge in [-0.15, -0.1) is 0 Å². The van der Waals surface area contributed by atoms with E-state index in [1.807, 2.05) is 6.08 Å². The fourth-order valence-corrected chi connectivity index (χ4v) is 7.35. The third kappa shape index (κ3) is 3.94. The van der Waals surface area contributed by atoms with Gasteiger partial charge in [0.25, 0.3) is 0 Å². The molecular formula is C29H38N2O2. The van der Waals surface area contributed by atoms with Crippen molar-refractivity contribution in [3.63, 3.8) is 0 Å². The van der Waals surface area contributed by atoms with Crippen LogP contribution in [0, 0.1) is 29.6 Å². The number of nitrogens with one attached hydrogen (secondary N) is 1. The average Bonchev–Trinajstić information content (AvgIpc) is 2.88. The summed E-state index contributed by atoms with van der Waals surface area (Å²) in [7, 11) is 1.79. The van der Waals surface area contributed by atoms with E-state index in [0.29, 0.717) is 23.7 Å². The van der Waals surface area contributed by atoms with Gasteiger partial charge in [0.1, 0.15) is 12.4 Å². The summed E-state index contributed by atoms with van der Waals surface area (Å²) in [5, 5.41) is 14.3. The maximum Gasteiger partial charge on any atom is 0.114 e. The fourth-order valence-electron chi connectivity index (χ4n) is 7.35. The molecule has 0 aromatic heterocycles. The lowest BCUT2D eigenvalue weighted by Gasteiger charge is -2.46. The predicted octanol–water partition coefficient (Wildman–Crippen LogP) is 5.24. The van der Waals surface area contributed by atoms with Crippen molar-refractivity contribution >= 4 is 5.71 Å². The van der Waals surface area contributed by atoms with Crippen molar-refractivity contribution in [3.8, 4) is 0 Å². The van der Waals surface area contributed by atoms with Gasteiger partial charge in [0.2, 0.25) is 0 Å². The minimum Gasteiger partial charge on any atom is -0.389 e. The molecule has 4 heteroatoms. The van der Waals surface area contributed by atoms with Crippen LogP contribution in [-0.4, -0.2) is 36.4 Å². The molecule has 8 atom stereocenters. The second kappa shape index (κ2) is 9.13. The molecule has 0 aromatic rings. The number of rotatable bonds is 3. The number of ether oxygens (including phenoxy) is 1. The molecule has 0 fully saturated rings. The molecule has 6 aliphatic rings.